The van der Waals surface area contributed by atoms with Crippen LogP contribution in [-0.2, 0) is 4.79 Å². The minimum Gasteiger partial charge on any atom is -0.493 e. The number of amides is 1. The summed E-state index contributed by atoms with van der Waals surface area (Å²) in [4.78, 5) is 20.2. The van der Waals surface area contributed by atoms with Crippen molar-refractivity contribution in [2.45, 2.75) is 33.1 Å². The summed E-state index contributed by atoms with van der Waals surface area (Å²) in [6.07, 6.45) is 6.68. The van der Waals surface area contributed by atoms with Gasteiger partial charge in [-0.2, -0.15) is 0 Å². The summed E-state index contributed by atoms with van der Waals surface area (Å²) < 4.78 is 11.5. The molecular formula is C23H25N3O3. The van der Waals surface area contributed by atoms with Crippen LogP contribution in [0.1, 0.15) is 30.4 Å². The Hall–Kier alpha value is -3.41. The summed E-state index contributed by atoms with van der Waals surface area (Å²) in [7, 11) is 0. The third-order valence-electron chi connectivity index (χ3n) is 4.28. The summed E-state index contributed by atoms with van der Waals surface area (Å²) in [5.41, 5.74) is 2.98. The zero-order valence-corrected chi connectivity index (χ0v) is 16.7. The van der Waals surface area contributed by atoms with E-state index in [1.165, 1.54) is 11.8 Å². The number of hydrogen-bond acceptors (Lipinski definition) is 5. The van der Waals surface area contributed by atoms with Gasteiger partial charge in [0.2, 0.25) is 11.8 Å². The van der Waals surface area contributed by atoms with Crippen LogP contribution >= 0.6 is 0 Å². The third-order valence-corrected chi connectivity index (χ3v) is 4.28. The van der Waals surface area contributed by atoms with Gasteiger partial charge in [-0.15, -0.1) is 0 Å². The molecule has 1 heterocycles. The quantitative estimate of drug-likeness (QED) is 0.515. The molecule has 3 aromatic rings. The number of aromatic nitrogens is 2. The van der Waals surface area contributed by atoms with Crippen LogP contribution < -0.4 is 14.8 Å². The molecule has 0 aliphatic carbocycles. The Labute approximate surface area is 170 Å². The van der Waals surface area contributed by atoms with Gasteiger partial charge >= 0.3 is 0 Å². The van der Waals surface area contributed by atoms with Crippen molar-refractivity contribution in [2.75, 3.05) is 11.9 Å². The number of nitrogens with zero attached hydrogens (tertiary/aromatic N) is 2. The lowest BCUT2D eigenvalue weighted by atomic mass is 10.1. The molecule has 0 radical (unpaired) electrons. The lowest BCUT2D eigenvalue weighted by molar-refractivity contribution is -0.116. The van der Waals surface area contributed by atoms with Gasteiger partial charge in [0, 0.05) is 30.6 Å². The molecule has 0 aliphatic rings. The molecule has 0 atom stereocenters. The summed E-state index contributed by atoms with van der Waals surface area (Å²) in [6.45, 7) is 4.67. The Balaban J connectivity index is 1.40. The molecule has 0 bridgehead atoms. The average Bonchev–Trinajstić information content (AvgIpc) is 2.71. The van der Waals surface area contributed by atoms with Crippen LogP contribution in [0.2, 0.25) is 0 Å². The third kappa shape index (κ3) is 6.60. The zero-order valence-electron chi connectivity index (χ0n) is 16.7. The van der Waals surface area contributed by atoms with Crippen LogP contribution in [0.5, 0.6) is 17.4 Å². The largest absolute Gasteiger partial charge is 0.493 e. The van der Waals surface area contributed by atoms with E-state index in [0.29, 0.717) is 30.3 Å². The van der Waals surface area contributed by atoms with Gasteiger partial charge in [0.25, 0.3) is 0 Å². The first-order valence-corrected chi connectivity index (χ1v) is 9.64. The van der Waals surface area contributed by atoms with Crippen molar-refractivity contribution in [3.05, 3.63) is 72.2 Å². The topological polar surface area (TPSA) is 73.3 Å². The maximum atomic E-state index is 12.2. The van der Waals surface area contributed by atoms with E-state index < -0.39 is 0 Å². The average molecular weight is 391 g/mol. The van der Waals surface area contributed by atoms with Gasteiger partial charge in [-0.1, -0.05) is 18.2 Å². The predicted octanol–water partition coefficient (Wildman–Crippen LogP) is 5.07. The molecule has 0 aliphatic heterocycles. The van der Waals surface area contributed by atoms with E-state index in [-0.39, 0.29) is 5.91 Å². The Morgan fingerprint density at radius 3 is 2.79 bits per heavy atom. The standard InChI is InChI=1S/C23H25N3O3/c1-17-9-10-18(2)21(14-17)28-13-4-3-8-22(27)26-19-6-5-7-20(15-19)29-23-16-24-11-12-25-23/h5-7,9-12,14-16H,3-4,8,13H2,1-2H3,(H,26,27). The number of carbonyl (C=O) groups is 1. The van der Waals surface area contributed by atoms with Gasteiger partial charge in [0.15, 0.2) is 0 Å². The maximum absolute atomic E-state index is 12.2. The first-order chi connectivity index (χ1) is 14.1. The van der Waals surface area contributed by atoms with Gasteiger partial charge in [-0.05, 0) is 56.0 Å². The maximum Gasteiger partial charge on any atom is 0.237 e. The van der Waals surface area contributed by atoms with Gasteiger partial charge in [-0.25, -0.2) is 4.98 Å². The number of benzene rings is 2. The van der Waals surface area contributed by atoms with Crippen molar-refractivity contribution < 1.29 is 14.3 Å². The Morgan fingerprint density at radius 2 is 1.97 bits per heavy atom. The monoisotopic (exact) mass is 391 g/mol. The fraction of sp³-hybridized carbons (Fsp3) is 0.261. The molecule has 1 aromatic heterocycles. The molecule has 0 saturated heterocycles. The number of nitrogens with one attached hydrogen (secondary N) is 1. The summed E-state index contributed by atoms with van der Waals surface area (Å²) >= 11 is 0. The molecule has 150 valence electrons. The Morgan fingerprint density at radius 1 is 1.07 bits per heavy atom. The second-order valence-electron chi connectivity index (χ2n) is 6.80. The van der Waals surface area contributed by atoms with Crippen LogP contribution in [0, 0.1) is 13.8 Å². The molecule has 29 heavy (non-hydrogen) atoms. The molecule has 0 fully saturated rings. The lowest BCUT2D eigenvalue weighted by Gasteiger charge is -2.10. The van der Waals surface area contributed by atoms with Crippen molar-refractivity contribution in [3.63, 3.8) is 0 Å². The van der Waals surface area contributed by atoms with E-state index in [4.69, 9.17) is 9.47 Å². The molecular weight excluding hydrogens is 366 g/mol. The molecule has 6 nitrogen and oxygen atoms in total. The predicted molar refractivity (Wildman–Crippen MR) is 112 cm³/mol. The second kappa shape index (κ2) is 10.2. The normalized spacial score (nSPS) is 10.4. The molecule has 0 saturated carbocycles. The first kappa shape index (κ1) is 20.3. The number of ether oxygens (including phenoxy) is 2. The SMILES string of the molecule is Cc1ccc(C)c(OCCCCC(=O)Nc2cccc(Oc3cnccn3)c2)c1. The van der Waals surface area contributed by atoms with Gasteiger partial charge in [0.1, 0.15) is 11.5 Å². The molecule has 1 N–H and O–H groups in total. The molecule has 3 rings (SSSR count). The summed E-state index contributed by atoms with van der Waals surface area (Å²) in [5, 5.41) is 2.90. The number of hydrogen-bond donors (Lipinski definition) is 1. The lowest BCUT2D eigenvalue weighted by Crippen LogP contribution is -2.11. The van der Waals surface area contributed by atoms with Crippen molar-refractivity contribution >= 4 is 11.6 Å². The van der Waals surface area contributed by atoms with Crippen molar-refractivity contribution in [3.8, 4) is 17.4 Å². The number of unbranched alkanes of at least 4 members (excludes halogenated alkanes) is 1. The minimum atomic E-state index is -0.0339. The second-order valence-corrected chi connectivity index (χ2v) is 6.80. The van der Waals surface area contributed by atoms with E-state index >= 15 is 0 Å². The van der Waals surface area contributed by atoms with Crippen LogP contribution in [0.15, 0.2) is 61.1 Å². The van der Waals surface area contributed by atoms with E-state index in [9.17, 15) is 4.79 Å². The van der Waals surface area contributed by atoms with Crippen LogP contribution in [0.4, 0.5) is 5.69 Å². The smallest absolute Gasteiger partial charge is 0.237 e. The van der Waals surface area contributed by atoms with E-state index in [2.05, 4.69) is 27.4 Å². The van der Waals surface area contributed by atoms with Crippen LogP contribution in [0.3, 0.4) is 0 Å². The Kier molecular flexibility index (Phi) is 7.16. The van der Waals surface area contributed by atoms with Gasteiger partial charge < -0.3 is 14.8 Å². The number of rotatable bonds is 9. The summed E-state index contributed by atoms with van der Waals surface area (Å²) in [6, 6.07) is 13.4. The van der Waals surface area contributed by atoms with E-state index in [1.807, 2.05) is 32.0 Å². The first-order valence-electron chi connectivity index (χ1n) is 9.64. The summed E-state index contributed by atoms with van der Waals surface area (Å²) in [5.74, 6) is 1.87. The van der Waals surface area contributed by atoms with Gasteiger partial charge in [-0.3, -0.25) is 9.78 Å². The number of anilines is 1. The number of carbonyl (C=O) groups excluding carboxylic acids is 1. The van der Waals surface area contributed by atoms with Crippen LogP contribution in [-0.4, -0.2) is 22.5 Å². The highest BCUT2D eigenvalue weighted by atomic mass is 16.5. The Bertz CT molecular complexity index is 945. The molecule has 2 aromatic carbocycles. The minimum absolute atomic E-state index is 0.0339. The highest BCUT2D eigenvalue weighted by molar-refractivity contribution is 5.90. The number of aryl methyl sites for hydroxylation is 2. The fourth-order valence-electron chi connectivity index (χ4n) is 2.75. The zero-order chi connectivity index (χ0) is 20.5. The highest BCUT2D eigenvalue weighted by Crippen LogP contribution is 2.22. The fourth-order valence-corrected chi connectivity index (χ4v) is 2.75. The van der Waals surface area contributed by atoms with E-state index in [1.54, 1.807) is 24.5 Å². The van der Waals surface area contributed by atoms with Crippen LogP contribution in [0.25, 0.3) is 0 Å². The van der Waals surface area contributed by atoms with Crippen molar-refractivity contribution in [1.29, 1.82) is 0 Å². The van der Waals surface area contributed by atoms with Crippen molar-refractivity contribution in [2.24, 2.45) is 0 Å². The molecule has 6 heteroatoms. The molecule has 0 unspecified atom stereocenters. The highest BCUT2D eigenvalue weighted by Gasteiger charge is 2.05. The molecule has 1 amide bonds. The van der Waals surface area contributed by atoms with Gasteiger partial charge in [0.05, 0.1) is 12.8 Å². The van der Waals surface area contributed by atoms with E-state index in [0.717, 1.165) is 24.2 Å². The van der Waals surface area contributed by atoms with Crippen molar-refractivity contribution in [1.82, 2.24) is 9.97 Å². The molecule has 0 spiro atoms.